The standard InChI is InChI=1S/C17H22N4/c1-3-7-20-17(4-2)15-6-9-21(13-15)12-14-5-8-19-16(10-14)11-18/h5-6,8-10,13,17,20H,3-4,7,12H2,1-2H3. The highest BCUT2D eigenvalue weighted by molar-refractivity contribution is 5.26. The van der Waals surface area contributed by atoms with Crippen LogP contribution in [0.3, 0.4) is 0 Å². The minimum Gasteiger partial charge on any atom is -0.350 e. The molecule has 0 bridgehead atoms. The molecule has 2 heterocycles. The molecule has 0 aliphatic heterocycles. The van der Waals surface area contributed by atoms with Crippen LogP contribution >= 0.6 is 0 Å². The van der Waals surface area contributed by atoms with Crippen molar-refractivity contribution in [1.82, 2.24) is 14.9 Å². The summed E-state index contributed by atoms with van der Waals surface area (Å²) in [5.74, 6) is 0. The van der Waals surface area contributed by atoms with Gasteiger partial charge in [-0.25, -0.2) is 4.98 Å². The van der Waals surface area contributed by atoms with Crippen molar-refractivity contribution in [3.8, 4) is 6.07 Å². The van der Waals surface area contributed by atoms with Gasteiger partial charge in [0.2, 0.25) is 0 Å². The molecule has 4 heteroatoms. The van der Waals surface area contributed by atoms with Crippen LogP contribution in [-0.4, -0.2) is 16.1 Å². The third-order valence-corrected chi connectivity index (χ3v) is 3.53. The Kier molecular flexibility index (Phi) is 5.53. The zero-order valence-electron chi connectivity index (χ0n) is 12.7. The summed E-state index contributed by atoms with van der Waals surface area (Å²) in [6.07, 6.45) is 8.19. The first-order valence-electron chi connectivity index (χ1n) is 7.50. The molecule has 110 valence electrons. The van der Waals surface area contributed by atoms with Crippen molar-refractivity contribution in [2.24, 2.45) is 0 Å². The SMILES string of the molecule is CCCNC(CC)c1ccn(Cc2ccnc(C#N)c2)c1. The van der Waals surface area contributed by atoms with E-state index in [2.05, 4.69) is 53.2 Å². The van der Waals surface area contributed by atoms with Gasteiger partial charge in [0.15, 0.2) is 0 Å². The molecule has 0 saturated carbocycles. The molecule has 2 aromatic heterocycles. The molecule has 0 aliphatic carbocycles. The van der Waals surface area contributed by atoms with Gasteiger partial charge in [-0.3, -0.25) is 0 Å². The summed E-state index contributed by atoms with van der Waals surface area (Å²) < 4.78 is 2.15. The summed E-state index contributed by atoms with van der Waals surface area (Å²) in [6.45, 7) is 6.19. The molecular weight excluding hydrogens is 260 g/mol. The Bertz CT molecular complexity index is 609. The first-order chi connectivity index (χ1) is 10.3. The Morgan fingerprint density at radius 1 is 1.38 bits per heavy atom. The van der Waals surface area contributed by atoms with Crippen LogP contribution in [-0.2, 0) is 6.54 Å². The average Bonchev–Trinajstić information content (AvgIpc) is 2.96. The van der Waals surface area contributed by atoms with Crippen LogP contribution < -0.4 is 5.32 Å². The van der Waals surface area contributed by atoms with E-state index in [1.54, 1.807) is 6.20 Å². The van der Waals surface area contributed by atoms with Gasteiger partial charge in [-0.15, -0.1) is 0 Å². The van der Waals surface area contributed by atoms with Crippen molar-refractivity contribution in [2.75, 3.05) is 6.54 Å². The van der Waals surface area contributed by atoms with Crippen LogP contribution in [0.4, 0.5) is 0 Å². The maximum Gasteiger partial charge on any atom is 0.140 e. The highest BCUT2D eigenvalue weighted by atomic mass is 15.0. The van der Waals surface area contributed by atoms with Crippen molar-refractivity contribution in [3.05, 3.63) is 53.6 Å². The summed E-state index contributed by atoms with van der Waals surface area (Å²) in [5, 5.41) is 12.5. The van der Waals surface area contributed by atoms with Crippen LogP contribution in [0.25, 0.3) is 0 Å². The number of hydrogen-bond donors (Lipinski definition) is 1. The van der Waals surface area contributed by atoms with Crippen molar-refractivity contribution in [3.63, 3.8) is 0 Å². The zero-order chi connectivity index (χ0) is 15.1. The van der Waals surface area contributed by atoms with Gasteiger partial charge in [0.1, 0.15) is 11.8 Å². The number of hydrogen-bond acceptors (Lipinski definition) is 3. The van der Waals surface area contributed by atoms with Gasteiger partial charge in [-0.2, -0.15) is 5.26 Å². The van der Waals surface area contributed by atoms with Crippen molar-refractivity contribution in [1.29, 1.82) is 5.26 Å². The molecule has 1 atom stereocenters. The summed E-state index contributed by atoms with van der Waals surface area (Å²) in [4.78, 5) is 4.00. The number of nitrogens with zero attached hydrogens (tertiary/aromatic N) is 3. The molecule has 1 unspecified atom stereocenters. The molecule has 0 aliphatic rings. The van der Waals surface area contributed by atoms with Crippen molar-refractivity contribution >= 4 is 0 Å². The van der Waals surface area contributed by atoms with E-state index in [1.807, 2.05) is 12.1 Å². The predicted octanol–water partition coefficient (Wildman–Crippen LogP) is 3.25. The van der Waals surface area contributed by atoms with E-state index in [1.165, 1.54) is 5.56 Å². The van der Waals surface area contributed by atoms with Crippen molar-refractivity contribution < 1.29 is 0 Å². The highest BCUT2D eigenvalue weighted by Gasteiger charge is 2.09. The topological polar surface area (TPSA) is 53.6 Å². The van der Waals surface area contributed by atoms with Gasteiger partial charge in [0, 0.05) is 31.2 Å². The monoisotopic (exact) mass is 282 g/mol. The largest absolute Gasteiger partial charge is 0.350 e. The molecule has 0 aromatic carbocycles. The van der Waals surface area contributed by atoms with E-state index in [9.17, 15) is 0 Å². The van der Waals surface area contributed by atoms with Crippen LogP contribution in [0.1, 0.15) is 49.6 Å². The number of rotatable bonds is 7. The van der Waals surface area contributed by atoms with E-state index >= 15 is 0 Å². The Morgan fingerprint density at radius 2 is 2.24 bits per heavy atom. The average molecular weight is 282 g/mol. The lowest BCUT2D eigenvalue weighted by Gasteiger charge is -2.15. The number of nitrogens with one attached hydrogen (secondary N) is 1. The smallest absolute Gasteiger partial charge is 0.140 e. The Labute approximate surface area is 126 Å². The molecule has 1 N–H and O–H groups in total. The minimum absolute atomic E-state index is 0.415. The van der Waals surface area contributed by atoms with Gasteiger partial charge >= 0.3 is 0 Å². The summed E-state index contributed by atoms with van der Waals surface area (Å²) in [7, 11) is 0. The Morgan fingerprint density at radius 3 is 2.95 bits per heavy atom. The van der Waals surface area contributed by atoms with E-state index < -0.39 is 0 Å². The molecule has 21 heavy (non-hydrogen) atoms. The van der Waals surface area contributed by atoms with Crippen LogP contribution in [0, 0.1) is 11.3 Å². The summed E-state index contributed by atoms with van der Waals surface area (Å²) in [5.41, 5.74) is 2.88. The van der Waals surface area contributed by atoms with Gasteiger partial charge in [-0.05, 0) is 48.7 Å². The second kappa shape index (κ2) is 7.61. The third kappa shape index (κ3) is 4.17. The molecule has 0 spiro atoms. The number of aromatic nitrogens is 2. The second-order valence-corrected chi connectivity index (χ2v) is 5.19. The fourth-order valence-electron chi connectivity index (χ4n) is 2.42. The fourth-order valence-corrected chi connectivity index (χ4v) is 2.42. The van der Waals surface area contributed by atoms with E-state index in [-0.39, 0.29) is 0 Å². The maximum atomic E-state index is 8.89. The lowest BCUT2D eigenvalue weighted by atomic mass is 10.1. The molecule has 0 saturated heterocycles. The molecule has 2 aromatic rings. The quantitative estimate of drug-likeness (QED) is 0.848. The second-order valence-electron chi connectivity index (χ2n) is 5.19. The third-order valence-electron chi connectivity index (χ3n) is 3.53. The Balaban J connectivity index is 2.07. The molecular formula is C17H22N4. The van der Waals surface area contributed by atoms with Gasteiger partial charge in [-0.1, -0.05) is 13.8 Å². The van der Waals surface area contributed by atoms with Crippen LogP contribution in [0.2, 0.25) is 0 Å². The first kappa shape index (κ1) is 15.3. The Hall–Kier alpha value is -2.12. The molecule has 2 rings (SSSR count). The van der Waals surface area contributed by atoms with E-state index in [0.29, 0.717) is 11.7 Å². The van der Waals surface area contributed by atoms with E-state index in [0.717, 1.165) is 31.5 Å². The summed E-state index contributed by atoms with van der Waals surface area (Å²) >= 11 is 0. The van der Waals surface area contributed by atoms with Gasteiger partial charge in [0.25, 0.3) is 0 Å². The lowest BCUT2D eigenvalue weighted by molar-refractivity contribution is 0.517. The van der Waals surface area contributed by atoms with Crippen LogP contribution in [0.5, 0.6) is 0 Å². The fraction of sp³-hybridized carbons (Fsp3) is 0.412. The maximum absolute atomic E-state index is 8.89. The highest BCUT2D eigenvalue weighted by Crippen LogP contribution is 2.17. The summed E-state index contributed by atoms with van der Waals surface area (Å²) in [6, 6.07) is 8.45. The van der Waals surface area contributed by atoms with Crippen molar-refractivity contribution in [2.45, 2.75) is 39.3 Å². The number of nitriles is 1. The van der Waals surface area contributed by atoms with Gasteiger partial charge in [0.05, 0.1) is 0 Å². The zero-order valence-corrected chi connectivity index (χ0v) is 12.7. The van der Waals surface area contributed by atoms with Gasteiger partial charge < -0.3 is 9.88 Å². The normalized spacial score (nSPS) is 12.0. The lowest BCUT2D eigenvalue weighted by Crippen LogP contribution is -2.21. The first-order valence-corrected chi connectivity index (χ1v) is 7.50. The predicted molar refractivity (Wildman–Crippen MR) is 83.8 cm³/mol. The molecule has 0 radical (unpaired) electrons. The molecule has 0 fully saturated rings. The minimum atomic E-state index is 0.415. The molecule has 0 amide bonds. The van der Waals surface area contributed by atoms with E-state index in [4.69, 9.17) is 5.26 Å². The number of pyridine rings is 1. The molecule has 4 nitrogen and oxygen atoms in total. The van der Waals surface area contributed by atoms with Crippen LogP contribution in [0.15, 0.2) is 36.8 Å².